The molecule has 7 nitrogen and oxygen atoms in total. The molecule has 0 aliphatic carbocycles. The molecule has 2 aromatic rings. The number of thiazole rings is 1. The van der Waals surface area contributed by atoms with Gasteiger partial charge in [0.2, 0.25) is 5.91 Å². The standard InChI is InChI=1S/C21H28N4O3S2/c1-28-12-4-7-22-20(26)13-24-8-10-25(11-9-24)21(27)18-5-2-3-6-19(18)30-15-17-14-29-16-23-17/h2-3,5-6,14,16H,4,7-13,15H2,1H3,(H,22,26). The van der Waals surface area contributed by atoms with E-state index in [9.17, 15) is 9.59 Å². The van der Waals surface area contributed by atoms with Crippen LogP contribution in [0.15, 0.2) is 40.1 Å². The number of ether oxygens (including phenoxy) is 1. The van der Waals surface area contributed by atoms with Crippen molar-refractivity contribution in [2.45, 2.75) is 17.1 Å². The summed E-state index contributed by atoms with van der Waals surface area (Å²) >= 11 is 3.22. The number of amides is 2. The molecule has 1 aromatic heterocycles. The second-order valence-corrected chi connectivity index (χ2v) is 8.77. The lowest BCUT2D eigenvalue weighted by Crippen LogP contribution is -2.51. The van der Waals surface area contributed by atoms with Crippen LogP contribution in [-0.4, -0.2) is 79.6 Å². The zero-order valence-electron chi connectivity index (χ0n) is 17.2. The van der Waals surface area contributed by atoms with Crippen LogP contribution >= 0.6 is 23.1 Å². The maximum atomic E-state index is 13.1. The zero-order chi connectivity index (χ0) is 21.2. The van der Waals surface area contributed by atoms with Crippen LogP contribution in [0, 0.1) is 0 Å². The summed E-state index contributed by atoms with van der Waals surface area (Å²) in [7, 11) is 1.65. The first-order valence-corrected chi connectivity index (χ1v) is 12.0. The fourth-order valence-corrected chi connectivity index (χ4v) is 4.82. The van der Waals surface area contributed by atoms with Crippen LogP contribution in [0.25, 0.3) is 0 Å². The molecule has 1 N–H and O–H groups in total. The molecular formula is C21H28N4O3S2. The topological polar surface area (TPSA) is 74.8 Å². The van der Waals surface area contributed by atoms with E-state index in [0.29, 0.717) is 45.9 Å². The zero-order valence-corrected chi connectivity index (χ0v) is 18.8. The number of piperazine rings is 1. The molecule has 30 heavy (non-hydrogen) atoms. The molecule has 0 unspecified atom stereocenters. The molecule has 0 atom stereocenters. The largest absolute Gasteiger partial charge is 0.385 e. The Morgan fingerprint density at radius 3 is 2.77 bits per heavy atom. The van der Waals surface area contributed by atoms with Gasteiger partial charge in [0.25, 0.3) is 5.91 Å². The smallest absolute Gasteiger partial charge is 0.255 e. The van der Waals surface area contributed by atoms with Crippen molar-refractivity contribution in [2.24, 2.45) is 0 Å². The number of rotatable bonds is 10. The molecule has 1 fully saturated rings. The lowest BCUT2D eigenvalue weighted by atomic mass is 10.2. The van der Waals surface area contributed by atoms with Crippen molar-refractivity contribution >= 4 is 34.9 Å². The minimum absolute atomic E-state index is 0.0228. The molecule has 1 saturated heterocycles. The van der Waals surface area contributed by atoms with Gasteiger partial charge in [-0.1, -0.05) is 12.1 Å². The third-order valence-corrected chi connectivity index (χ3v) is 6.59. The maximum Gasteiger partial charge on any atom is 0.255 e. The lowest BCUT2D eigenvalue weighted by Gasteiger charge is -2.34. The molecule has 1 aliphatic rings. The summed E-state index contributed by atoms with van der Waals surface area (Å²) in [5, 5.41) is 4.94. The average molecular weight is 449 g/mol. The summed E-state index contributed by atoms with van der Waals surface area (Å²) in [5.74, 6) is 0.829. The minimum atomic E-state index is 0.0228. The molecule has 3 rings (SSSR count). The fourth-order valence-electron chi connectivity index (χ4n) is 3.21. The number of thioether (sulfide) groups is 1. The van der Waals surface area contributed by atoms with E-state index in [-0.39, 0.29) is 11.8 Å². The number of carbonyl (C=O) groups excluding carboxylic acids is 2. The van der Waals surface area contributed by atoms with E-state index < -0.39 is 0 Å². The van der Waals surface area contributed by atoms with Crippen LogP contribution in [-0.2, 0) is 15.3 Å². The van der Waals surface area contributed by atoms with Gasteiger partial charge < -0.3 is 15.0 Å². The van der Waals surface area contributed by atoms with Gasteiger partial charge in [0.05, 0.1) is 23.3 Å². The molecule has 1 aliphatic heterocycles. The highest BCUT2D eigenvalue weighted by Crippen LogP contribution is 2.27. The Balaban J connectivity index is 1.47. The molecule has 0 radical (unpaired) electrons. The monoisotopic (exact) mass is 448 g/mol. The Bertz CT molecular complexity index is 808. The molecule has 2 amide bonds. The predicted molar refractivity (Wildman–Crippen MR) is 120 cm³/mol. The summed E-state index contributed by atoms with van der Waals surface area (Å²) < 4.78 is 4.98. The summed E-state index contributed by atoms with van der Waals surface area (Å²) in [5.41, 5.74) is 3.59. The minimum Gasteiger partial charge on any atom is -0.385 e. The van der Waals surface area contributed by atoms with E-state index in [2.05, 4.69) is 15.2 Å². The van der Waals surface area contributed by atoms with Gasteiger partial charge in [-0.25, -0.2) is 4.98 Å². The molecule has 0 saturated carbocycles. The number of nitrogens with one attached hydrogen (secondary N) is 1. The number of aromatic nitrogens is 1. The molecule has 2 heterocycles. The first-order valence-electron chi connectivity index (χ1n) is 10.0. The molecule has 1 aromatic carbocycles. The Morgan fingerprint density at radius 2 is 2.03 bits per heavy atom. The van der Waals surface area contributed by atoms with Crippen LogP contribution in [0.2, 0.25) is 0 Å². The van der Waals surface area contributed by atoms with Crippen LogP contribution in [0.3, 0.4) is 0 Å². The van der Waals surface area contributed by atoms with Crippen LogP contribution in [0.5, 0.6) is 0 Å². The SMILES string of the molecule is COCCCNC(=O)CN1CCN(C(=O)c2ccccc2SCc2cscn2)CC1. The lowest BCUT2D eigenvalue weighted by molar-refractivity contribution is -0.122. The summed E-state index contributed by atoms with van der Waals surface area (Å²) in [6.45, 7) is 4.29. The van der Waals surface area contributed by atoms with Gasteiger partial charge >= 0.3 is 0 Å². The number of methoxy groups -OCH3 is 1. The van der Waals surface area contributed by atoms with Gasteiger partial charge in [0, 0.05) is 62.5 Å². The summed E-state index contributed by atoms with van der Waals surface area (Å²) in [6, 6.07) is 7.76. The number of nitrogens with zero attached hydrogens (tertiary/aromatic N) is 3. The van der Waals surface area contributed by atoms with Crippen LogP contribution in [0.1, 0.15) is 22.5 Å². The number of benzene rings is 1. The summed E-state index contributed by atoms with van der Waals surface area (Å²) in [6.07, 6.45) is 0.810. The van der Waals surface area contributed by atoms with E-state index in [1.807, 2.05) is 40.1 Å². The number of hydrogen-bond donors (Lipinski definition) is 1. The normalized spacial score (nSPS) is 14.6. The average Bonchev–Trinajstić information content (AvgIpc) is 3.29. The van der Waals surface area contributed by atoms with Crippen LogP contribution in [0.4, 0.5) is 0 Å². The molecular weight excluding hydrogens is 420 g/mol. The first kappa shape index (κ1) is 22.7. The van der Waals surface area contributed by atoms with Gasteiger partial charge in [0.15, 0.2) is 0 Å². The van der Waals surface area contributed by atoms with Gasteiger partial charge in [0.1, 0.15) is 0 Å². The van der Waals surface area contributed by atoms with Gasteiger partial charge in [-0.3, -0.25) is 14.5 Å². The van der Waals surface area contributed by atoms with Crippen molar-refractivity contribution in [3.8, 4) is 0 Å². The number of hydrogen-bond acceptors (Lipinski definition) is 7. The van der Waals surface area contributed by atoms with Crippen molar-refractivity contribution in [3.63, 3.8) is 0 Å². The fraction of sp³-hybridized carbons (Fsp3) is 0.476. The third-order valence-electron chi connectivity index (χ3n) is 4.85. The van der Waals surface area contributed by atoms with E-state index in [1.54, 1.807) is 30.2 Å². The van der Waals surface area contributed by atoms with Crippen molar-refractivity contribution in [2.75, 3.05) is 53.0 Å². The van der Waals surface area contributed by atoms with E-state index in [4.69, 9.17) is 4.74 Å². The molecule has 0 bridgehead atoms. The van der Waals surface area contributed by atoms with Crippen molar-refractivity contribution in [1.82, 2.24) is 20.1 Å². The second kappa shape index (κ2) is 12.0. The third kappa shape index (κ3) is 6.80. The Labute approximate surface area is 185 Å². The van der Waals surface area contributed by atoms with Gasteiger partial charge in [-0.15, -0.1) is 23.1 Å². The highest BCUT2D eigenvalue weighted by molar-refractivity contribution is 7.98. The Hall–Kier alpha value is -1.94. The van der Waals surface area contributed by atoms with E-state index >= 15 is 0 Å². The highest BCUT2D eigenvalue weighted by Gasteiger charge is 2.24. The quantitative estimate of drug-likeness (QED) is 0.444. The Kier molecular flexibility index (Phi) is 9.13. The number of carbonyl (C=O) groups is 2. The van der Waals surface area contributed by atoms with E-state index in [1.165, 1.54) is 0 Å². The molecule has 0 spiro atoms. The van der Waals surface area contributed by atoms with Crippen molar-refractivity contribution < 1.29 is 14.3 Å². The summed E-state index contributed by atoms with van der Waals surface area (Å²) in [4.78, 5) is 34.4. The highest BCUT2D eigenvalue weighted by atomic mass is 32.2. The van der Waals surface area contributed by atoms with E-state index in [0.717, 1.165) is 28.3 Å². The predicted octanol–water partition coefficient (Wildman–Crippen LogP) is 2.35. The maximum absolute atomic E-state index is 13.1. The second-order valence-electron chi connectivity index (χ2n) is 7.03. The van der Waals surface area contributed by atoms with Gasteiger partial charge in [-0.05, 0) is 18.6 Å². The Morgan fingerprint density at radius 1 is 1.23 bits per heavy atom. The molecule has 162 valence electrons. The van der Waals surface area contributed by atoms with Crippen molar-refractivity contribution in [1.29, 1.82) is 0 Å². The van der Waals surface area contributed by atoms with Gasteiger partial charge in [-0.2, -0.15) is 0 Å². The molecule has 9 heteroatoms. The van der Waals surface area contributed by atoms with Crippen LogP contribution < -0.4 is 5.32 Å². The first-order chi connectivity index (χ1) is 14.7. The van der Waals surface area contributed by atoms with Crippen molar-refractivity contribution in [3.05, 3.63) is 46.4 Å².